The molecule has 3 nitrogen and oxygen atoms in total. The van der Waals surface area contributed by atoms with Crippen LogP contribution in [0.15, 0.2) is 37.1 Å². The number of allylic oxidation sites excluding steroid dienone is 1. The van der Waals surface area contributed by atoms with Crippen molar-refractivity contribution < 1.29 is 14.5 Å². The summed E-state index contributed by atoms with van der Waals surface area (Å²) in [6.45, 7) is 4.54. The highest BCUT2D eigenvalue weighted by atomic mass is 35.5. The Morgan fingerprint density at radius 1 is 0.958 bits per heavy atom. The van der Waals surface area contributed by atoms with Crippen molar-refractivity contribution in [2.75, 3.05) is 6.61 Å². The number of unbranched alkanes of at least 4 members (excludes halogenated alkanes) is 9. The van der Waals surface area contributed by atoms with E-state index >= 15 is 0 Å². The number of pyridine rings is 1. The second kappa shape index (κ2) is 15.3. The van der Waals surface area contributed by atoms with Crippen LogP contribution in [-0.4, -0.2) is 12.4 Å². The molecule has 0 aliphatic carbocycles. The summed E-state index contributed by atoms with van der Waals surface area (Å²) in [7, 11) is 0. The van der Waals surface area contributed by atoms with Crippen LogP contribution in [0.5, 0.6) is 0 Å². The number of aryl methyl sites for hydroxylation is 1. The third-order valence-electron chi connectivity index (χ3n) is 4.17. The Kier molecular flexibility index (Phi) is 14.6. The van der Waals surface area contributed by atoms with Gasteiger partial charge in [0.05, 0.1) is 0 Å². The van der Waals surface area contributed by atoms with Gasteiger partial charge in [-0.25, -0.2) is 0 Å². The number of carbonyl (C=O) groups excluding carboxylic acids is 1. The molecule has 0 aliphatic rings. The summed E-state index contributed by atoms with van der Waals surface area (Å²) in [5.41, 5.74) is 0.723. The van der Waals surface area contributed by atoms with Gasteiger partial charge in [-0.3, -0.25) is 4.79 Å². The van der Waals surface area contributed by atoms with Crippen molar-refractivity contribution in [1.29, 1.82) is 0 Å². The second-order valence-electron chi connectivity index (χ2n) is 6.09. The van der Waals surface area contributed by atoms with Gasteiger partial charge >= 0.3 is 0 Å². The predicted octanol–water partition coefficient (Wildman–Crippen LogP) is 4.03. The molecule has 0 amide bonds. The zero-order valence-electron chi connectivity index (χ0n) is 14.8. The van der Waals surface area contributed by atoms with Crippen LogP contribution in [0.2, 0.25) is 0 Å². The van der Waals surface area contributed by atoms with E-state index in [0.717, 1.165) is 31.5 Å². The normalized spacial score (nSPS) is 10.2. The monoisotopic (exact) mass is 353 g/mol. The Labute approximate surface area is 153 Å². The van der Waals surface area contributed by atoms with E-state index in [1.807, 2.05) is 29.0 Å². The van der Waals surface area contributed by atoms with Gasteiger partial charge in [0.1, 0.15) is 6.54 Å². The number of nitrogens with zero attached hydrogens (tertiary/aromatic N) is 1. The minimum Gasteiger partial charge on any atom is -0.854 e. The zero-order chi connectivity index (χ0) is 16.8. The topological polar surface area (TPSA) is 44.0 Å². The van der Waals surface area contributed by atoms with Crippen LogP contribution >= 0.6 is 12.4 Å². The lowest BCUT2D eigenvalue weighted by Gasteiger charge is -2.04. The molecule has 136 valence electrons. The average molecular weight is 354 g/mol. The average Bonchev–Trinajstić information content (AvgIpc) is 2.59. The number of hydrogen-bond donors (Lipinski definition) is 0. The van der Waals surface area contributed by atoms with E-state index in [1.165, 1.54) is 51.0 Å². The third-order valence-corrected chi connectivity index (χ3v) is 4.17. The van der Waals surface area contributed by atoms with Crippen molar-refractivity contribution in [2.24, 2.45) is 0 Å². The molecule has 0 saturated carbocycles. The van der Waals surface area contributed by atoms with Gasteiger partial charge in [0.25, 0.3) is 5.69 Å². The SMILES string of the molecule is C=CC(=O)c1cccc[n+]1CCCCCCCCCCCC[O-].Cl. The van der Waals surface area contributed by atoms with E-state index in [9.17, 15) is 9.90 Å². The highest BCUT2D eigenvalue weighted by Gasteiger charge is 2.14. The van der Waals surface area contributed by atoms with Crippen molar-refractivity contribution in [3.63, 3.8) is 0 Å². The number of carbonyl (C=O) groups is 1. The molecule has 4 heteroatoms. The van der Waals surface area contributed by atoms with E-state index in [2.05, 4.69) is 6.58 Å². The molecule has 0 spiro atoms. The summed E-state index contributed by atoms with van der Waals surface area (Å²) in [5, 5.41) is 10.3. The Bertz CT molecular complexity index is 463. The first-order valence-electron chi connectivity index (χ1n) is 9.03. The van der Waals surface area contributed by atoms with E-state index in [-0.39, 0.29) is 24.8 Å². The fraction of sp³-hybridized carbons (Fsp3) is 0.600. The number of aromatic nitrogens is 1. The molecule has 0 atom stereocenters. The molecule has 1 aromatic rings. The van der Waals surface area contributed by atoms with Gasteiger partial charge in [0, 0.05) is 18.6 Å². The van der Waals surface area contributed by atoms with E-state index < -0.39 is 0 Å². The van der Waals surface area contributed by atoms with Crippen molar-refractivity contribution >= 4 is 18.2 Å². The lowest BCUT2D eigenvalue weighted by molar-refractivity contribution is -0.699. The van der Waals surface area contributed by atoms with Gasteiger partial charge in [-0.1, -0.05) is 57.9 Å². The fourth-order valence-electron chi connectivity index (χ4n) is 2.80. The van der Waals surface area contributed by atoms with Crippen LogP contribution in [0.4, 0.5) is 0 Å². The van der Waals surface area contributed by atoms with Crippen molar-refractivity contribution in [2.45, 2.75) is 70.8 Å². The predicted molar refractivity (Wildman–Crippen MR) is 99.4 cm³/mol. The van der Waals surface area contributed by atoms with Crippen molar-refractivity contribution in [3.05, 3.63) is 42.7 Å². The molecule has 0 saturated heterocycles. The Morgan fingerprint density at radius 3 is 2.04 bits per heavy atom. The van der Waals surface area contributed by atoms with Crippen molar-refractivity contribution in [3.8, 4) is 0 Å². The Balaban J connectivity index is 0.00000529. The molecule has 1 rings (SSSR count). The number of hydrogen-bond acceptors (Lipinski definition) is 2. The first kappa shape index (κ1) is 22.8. The maximum absolute atomic E-state index is 11.8. The summed E-state index contributed by atoms with van der Waals surface area (Å²) >= 11 is 0. The summed E-state index contributed by atoms with van der Waals surface area (Å²) in [5.74, 6) is -0.0115. The van der Waals surface area contributed by atoms with Gasteiger partial charge in [0.15, 0.2) is 6.20 Å². The lowest BCUT2D eigenvalue weighted by atomic mass is 10.1. The maximum Gasteiger partial charge on any atom is 0.252 e. The Hall–Kier alpha value is -1.19. The van der Waals surface area contributed by atoms with Crippen LogP contribution in [0.3, 0.4) is 0 Å². The van der Waals surface area contributed by atoms with E-state index in [0.29, 0.717) is 0 Å². The second-order valence-corrected chi connectivity index (χ2v) is 6.09. The summed E-state index contributed by atoms with van der Waals surface area (Å²) in [6.07, 6.45) is 15.2. The molecule has 0 bridgehead atoms. The zero-order valence-corrected chi connectivity index (χ0v) is 15.6. The van der Waals surface area contributed by atoms with Crippen LogP contribution in [-0.2, 0) is 6.54 Å². The first-order chi connectivity index (χ1) is 11.3. The van der Waals surface area contributed by atoms with Crippen LogP contribution in [0.1, 0.15) is 74.7 Å². The minimum atomic E-state index is -0.0115. The molecule has 24 heavy (non-hydrogen) atoms. The molecule has 0 aliphatic heterocycles. The van der Waals surface area contributed by atoms with Crippen LogP contribution < -0.4 is 9.67 Å². The first-order valence-corrected chi connectivity index (χ1v) is 9.03. The summed E-state index contributed by atoms with van der Waals surface area (Å²) in [6, 6.07) is 5.72. The molecular formula is C20H32ClNO2. The molecular weight excluding hydrogens is 322 g/mol. The van der Waals surface area contributed by atoms with Gasteiger partial charge in [-0.05, 0) is 18.6 Å². The Morgan fingerprint density at radius 2 is 1.50 bits per heavy atom. The largest absolute Gasteiger partial charge is 0.854 e. The molecule has 0 N–H and O–H groups in total. The van der Waals surface area contributed by atoms with Crippen molar-refractivity contribution in [1.82, 2.24) is 0 Å². The summed E-state index contributed by atoms with van der Waals surface area (Å²) < 4.78 is 2.03. The molecule has 0 aromatic carbocycles. The van der Waals surface area contributed by atoms with Gasteiger partial charge in [0.2, 0.25) is 5.78 Å². The molecule has 0 fully saturated rings. The summed E-state index contributed by atoms with van der Waals surface area (Å²) in [4.78, 5) is 11.8. The standard InChI is InChI=1S/C20H31NO2.ClH/c1-2-20(23)19-15-11-13-17-21(19)16-12-9-7-5-3-4-6-8-10-14-18-22;/h2,11,13,15,17H,1,3-10,12,14,16,18H2;1H. The van der Waals surface area contributed by atoms with Gasteiger partial charge in [-0.2, -0.15) is 4.57 Å². The number of halogens is 1. The minimum absolute atomic E-state index is 0. The van der Waals surface area contributed by atoms with Gasteiger partial charge in [-0.15, -0.1) is 19.0 Å². The highest BCUT2D eigenvalue weighted by molar-refractivity contribution is 6.01. The number of rotatable bonds is 14. The molecule has 1 aromatic heterocycles. The van der Waals surface area contributed by atoms with Crippen LogP contribution in [0.25, 0.3) is 0 Å². The molecule has 1 heterocycles. The van der Waals surface area contributed by atoms with Gasteiger partial charge < -0.3 is 5.11 Å². The van der Waals surface area contributed by atoms with Crippen LogP contribution in [0, 0.1) is 0 Å². The van der Waals surface area contributed by atoms with E-state index in [4.69, 9.17) is 0 Å². The fourth-order valence-corrected chi connectivity index (χ4v) is 2.80. The molecule has 0 unspecified atom stereocenters. The quantitative estimate of drug-likeness (QED) is 0.219. The lowest BCUT2D eigenvalue weighted by Crippen LogP contribution is -2.39. The maximum atomic E-state index is 11.8. The molecule has 0 radical (unpaired) electrons. The highest BCUT2D eigenvalue weighted by Crippen LogP contribution is 2.10. The smallest absolute Gasteiger partial charge is 0.252 e. The third kappa shape index (κ3) is 9.84. The van der Waals surface area contributed by atoms with E-state index in [1.54, 1.807) is 0 Å². The number of ketones is 1.